The van der Waals surface area contributed by atoms with E-state index in [1.807, 2.05) is 34.5 Å². The summed E-state index contributed by atoms with van der Waals surface area (Å²) in [6.45, 7) is 6.94. The van der Waals surface area contributed by atoms with E-state index in [-0.39, 0.29) is 24.0 Å². The van der Waals surface area contributed by atoms with Crippen molar-refractivity contribution in [1.82, 2.24) is 20.4 Å². The largest absolute Gasteiger partial charge is 0.363 e. The number of aryl methyl sites for hydroxylation is 1. The van der Waals surface area contributed by atoms with Crippen LogP contribution in [-0.2, 0) is 6.54 Å². The zero-order chi connectivity index (χ0) is 17.3. The Hall–Kier alpha value is -1.29. The van der Waals surface area contributed by atoms with E-state index in [1.54, 1.807) is 0 Å². The predicted octanol–water partition coefficient (Wildman–Crippen LogP) is 3.18. The first-order valence-electron chi connectivity index (χ1n) is 9.16. The molecule has 0 aliphatic carbocycles. The Bertz CT molecular complexity index is 620. The number of hydrogen-bond donors (Lipinski definition) is 2. The molecule has 2 aromatic heterocycles. The second kappa shape index (κ2) is 11.4. The third kappa shape index (κ3) is 6.46. The van der Waals surface area contributed by atoms with Crippen molar-refractivity contribution in [2.75, 3.05) is 31.1 Å². The molecule has 6 nitrogen and oxygen atoms in total. The first-order valence-corrected chi connectivity index (χ1v) is 10.0. The quantitative estimate of drug-likeness (QED) is 0.272. The lowest BCUT2D eigenvalue weighted by Gasteiger charge is -2.33. The molecular weight excluding hydrogens is 459 g/mol. The van der Waals surface area contributed by atoms with Crippen LogP contribution >= 0.6 is 35.3 Å². The average molecular weight is 488 g/mol. The number of piperidine rings is 1. The molecule has 0 bridgehead atoms. The van der Waals surface area contributed by atoms with Gasteiger partial charge < -0.3 is 15.5 Å². The molecule has 3 rings (SSSR count). The average Bonchev–Trinajstić information content (AvgIpc) is 3.33. The molecule has 1 aliphatic rings. The first kappa shape index (κ1) is 21.0. The summed E-state index contributed by atoms with van der Waals surface area (Å²) in [6, 6.07) is 6.80. The second-order valence-corrected chi connectivity index (χ2v) is 7.17. The van der Waals surface area contributed by atoms with Crippen LogP contribution in [-0.4, -0.2) is 48.0 Å². The Labute approximate surface area is 177 Å². The number of thiophene rings is 1. The van der Waals surface area contributed by atoms with E-state index >= 15 is 0 Å². The van der Waals surface area contributed by atoms with Gasteiger partial charge in [-0.1, -0.05) is 0 Å². The van der Waals surface area contributed by atoms with Crippen LogP contribution < -0.4 is 15.5 Å². The van der Waals surface area contributed by atoms with E-state index in [0.29, 0.717) is 6.04 Å². The van der Waals surface area contributed by atoms with Gasteiger partial charge in [0.05, 0.1) is 5.00 Å². The maximum atomic E-state index is 4.72. The number of aromatic nitrogens is 2. The topological polar surface area (TPSA) is 57.5 Å². The fourth-order valence-electron chi connectivity index (χ4n) is 3.06. The summed E-state index contributed by atoms with van der Waals surface area (Å²) in [7, 11) is 0. The van der Waals surface area contributed by atoms with E-state index in [1.165, 1.54) is 5.00 Å². The van der Waals surface area contributed by atoms with Crippen molar-refractivity contribution in [3.63, 3.8) is 0 Å². The molecule has 8 heteroatoms. The molecule has 144 valence electrons. The molecule has 0 amide bonds. The molecular formula is C18H29IN6S. The molecule has 0 spiro atoms. The maximum Gasteiger partial charge on any atom is 0.191 e. The van der Waals surface area contributed by atoms with Crippen LogP contribution in [0.4, 0.5) is 5.00 Å². The summed E-state index contributed by atoms with van der Waals surface area (Å²) >= 11 is 1.83. The van der Waals surface area contributed by atoms with Crippen LogP contribution in [0.3, 0.4) is 0 Å². The van der Waals surface area contributed by atoms with Gasteiger partial charge in [0.25, 0.3) is 0 Å². The summed E-state index contributed by atoms with van der Waals surface area (Å²) in [5.74, 6) is 0.942. The molecule has 3 heterocycles. The van der Waals surface area contributed by atoms with E-state index in [4.69, 9.17) is 4.99 Å². The van der Waals surface area contributed by atoms with Crippen molar-refractivity contribution in [2.24, 2.45) is 4.99 Å². The smallest absolute Gasteiger partial charge is 0.191 e. The fourth-order valence-corrected chi connectivity index (χ4v) is 3.85. The third-order valence-electron chi connectivity index (χ3n) is 4.37. The summed E-state index contributed by atoms with van der Waals surface area (Å²) < 4.78 is 1.95. The Balaban J connectivity index is 0.00000243. The molecule has 0 unspecified atom stereocenters. The molecule has 26 heavy (non-hydrogen) atoms. The van der Waals surface area contributed by atoms with E-state index < -0.39 is 0 Å². The molecule has 2 aromatic rings. The summed E-state index contributed by atoms with van der Waals surface area (Å²) in [6.07, 6.45) is 7.10. The van der Waals surface area contributed by atoms with Gasteiger partial charge in [-0.05, 0) is 49.8 Å². The highest BCUT2D eigenvalue weighted by atomic mass is 127. The monoisotopic (exact) mass is 488 g/mol. The summed E-state index contributed by atoms with van der Waals surface area (Å²) in [5.41, 5.74) is 0. The number of halogens is 1. The highest BCUT2D eigenvalue weighted by Crippen LogP contribution is 2.24. The fraction of sp³-hybridized carbons (Fsp3) is 0.556. The minimum Gasteiger partial charge on any atom is -0.363 e. The Morgan fingerprint density at radius 1 is 1.35 bits per heavy atom. The number of nitrogens with one attached hydrogen (secondary N) is 2. The van der Waals surface area contributed by atoms with Gasteiger partial charge in [-0.3, -0.25) is 9.67 Å². The molecule has 0 aromatic carbocycles. The molecule has 1 aliphatic heterocycles. The van der Waals surface area contributed by atoms with Crippen LogP contribution in [0.5, 0.6) is 0 Å². The van der Waals surface area contributed by atoms with E-state index in [2.05, 4.69) is 45.1 Å². The molecule has 0 saturated carbocycles. The highest BCUT2D eigenvalue weighted by Gasteiger charge is 2.20. The van der Waals surface area contributed by atoms with E-state index in [9.17, 15) is 0 Å². The zero-order valence-electron chi connectivity index (χ0n) is 15.3. The van der Waals surface area contributed by atoms with Crippen LogP contribution in [0, 0.1) is 0 Å². The molecule has 1 fully saturated rings. The van der Waals surface area contributed by atoms with Crippen molar-refractivity contribution >= 4 is 46.3 Å². The normalized spacial score (nSPS) is 15.6. The van der Waals surface area contributed by atoms with Crippen molar-refractivity contribution in [3.8, 4) is 0 Å². The molecule has 0 atom stereocenters. The lowest BCUT2D eigenvalue weighted by Crippen LogP contribution is -2.48. The van der Waals surface area contributed by atoms with Crippen LogP contribution in [0.2, 0.25) is 0 Å². The van der Waals surface area contributed by atoms with Gasteiger partial charge in [0.2, 0.25) is 0 Å². The number of guanidine groups is 1. The number of hydrogen-bond acceptors (Lipinski definition) is 4. The Morgan fingerprint density at radius 2 is 2.19 bits per heavy atom. The van der Waals surface area contributed by atoms with Crippen LogP contribution in [0.15, 0.2) is 41.0 Å². The zero-order valence-corrected chi connectivity index (χ0v) is 18.5. The third-order valence-corrected chi connectivity index (χ3v) is 5.30. The van der Waals surface area contributed by atoms with Gasteiger partial charge in [-0.2, -0.15) is 5.10 Å². The van der Waals surface area contributed by atoms with Gasteiger partial charge in [0, 0.05) is 51.2 Å². The van der Waals surface area contributed by atoms with Crippen molar-refractivity contribution in [3.05, 3.63) is 36.0 Å². The van der Waals surface area contributed by atoms with Crippen molar-refractivity contribution in [2.45, 2.75) is 38.8 Å². The number of nitrogens with zero attached hydrogens (tertiary/aromatic N) is 4. The van der Waals surface area contributed by atoms with Gasteiger partial charge in [-0.15, -0.1) is 35.3 Å². The molecule has 2 N–H and O–H groups in total. The molecule has 0 radical (unpaired) electrons. The number of aliphatic imine (C=N–C) groups is 1. The van der Waals surface area contributed by atoms with Gasteiger partial charge in [0.1, 0.15) is 0 Å². The second-order valence-electron chi connectivity index (χ2n) is 6.24. The van der Waals surface area contributed by atoms with Crippen molar-refractivity contribution in [1.29, 1.82) is 0 Å². The lowest BCUT2D eigenvalue weighted by molar-refractivity contribution is 0.462. The number of rotatable bonds is 7. The standard InChI is InChI=1S/C18H28N6S.HI/c1-2-19-18(20-9-4-11-24-12-5-10-21-24)22-16-7-13-23(14-8-16)17-6-3-15-25-17;/h3,5-6,10,12,15-16H,2,4,7-9,11,13-14H2,1H3,(H2,19,20,22);1H. The summed E-state index contributed by atoms with van der Waals surface area (Å²) in [5, 5.41) is 14.7. The predicted molar refractivity (Wildman–Crippen MR) is 121 cm³/mol. The lowest BCUT2D eigenvalue weighted by atomic mass is 10.1. The van der Waals surface area contributed by atoms with Crippen LogP contribution in [0.25, 0.3) is 0 Å². The summed E-state index contributed by atoms with van der Waals surface area (Å²) in [4.78, 5) is 7.20. The maximum absolute atomic E-state index is 4.72. The molecule has 1 saturated heterocycles. The Morgan fingerprint density at radius 3 is 2.85 bits per heavy atom. The van der Waals surface area contributed by atoms with Gasteiger partial charge in [-0.25, -0.2) is 0 Å². The first-order chi connectivity index (χ1) is 12.3. The van der Waals surface area contributed by atoms with Crippen molar-refractivity contribution < 1.29 is 0 Å². The number of anilines is 1. The van der Waals surface area contributed by atoms with E-state index in [0.717, 1.165) is 57.9 Å². The van der Waals surface area contributed by atoms with Crippen LogP contribution in [0.1, 0.15) is 26.2 Å². The minimum atomic E-state index is 0. The minimum absolute atomic E-state index is 0. The SMILES string of the molecule is CCNC(=NCCCn1cccn1)NC1CCN(c2cccs2)CC1.I. The van der Waals surface area contributed by atoms with Gasteiger partial charge >= 0.3 is 0 Å². The Kier molecular flexibility index (Phi) is 9.24. The highest BCUT2D eigenvalue weighted by molar-refractivity contribution is 14.0. The van der Waals surface area contributed by atoms with Gasteiger partial charge in [0.15, 0.2) is 5.96 Å².